The molecule has 1 N–H and O–H groups in total. The summed E-state index contributed by atoms with van der Waals surface area (Å²) < 4.78 is 5.44. The van der Waals surface area contributed by atoms with Crippen LogP contribution in [-0.4, -0.2) is 48.6 Å². The van der Waals surface area contributed by atoms with Gasteiger partial charge in [0.2, 0.25) is 0 Å². The maximum atomic E-state index is 12.3. The normalized spacial score (nSPS) is 16.5. The van der Waals surface area contributed by atoms with Crippen molar-refractivity contribution in [1.82, 2.24) is 15.2 Å². The summed E-state index contributed by atoms with van der Waals surface area (Å²) in [4.78, 5) is 18.8. The Balaban J connectivity index is 1.71. The largest absolute Gasteiger partial charge is 0.379 e. The number of hydrogen-bond donors (Lipinski definition) is 1. The van der Waals surface area contributed by atoms with E-state index in [0.717, 1.165) is 13.1 Å². The molecule has 0 saturated carbocycles. The van der Waals surface area contributed by atoms with E-state index < -0.39 is 0 Å². The minimum Gasteiger partial charge on any atom is -0.379 e. The molecule has 0 spiro atoms. The summed E-state index contributed by atoms with van der Waals surface area (Å²) in [5.74, 6) is -0.216. The highest BCUT2D eigenvalue weighted by Gasteiger charge is 2.23. The van der Waals surface area contributed by atoms with E-state index in [1.807, 2.05) is 18.2 Å². The summed E-state index contributed by atoms with van der Waals surface area (Å²) in [6.45, 7) is 3.65. The molecule has 1 saturated heterocycles. The number of aromatic nitrogens is 1. The molecule has 6 heteroatoms. The van der Waals surface area contributed by atoms with Crippen molar-refractivity contribution >= 4 is 17.5 Å². The smallest absolute Gasteiger partial charge is 0.269 e. The number of halogens is 1. The molecular formula is C18H20ClN3O2. The number of benzene rings is 1. The predicted octanol–water partition coefficient (Wildman–Crippen LogP) is 2.54. The lowest BCUT2D eigenvalue weighted by Crippen LogP contribution is -2.43. The van der Waals surface area contributed by atoms with Crippen molar-refractivity contribution in [2.24, 2.45) is 0 Å². The van der Waals surface area contributed by atoms with Crippen LogP contribution in [0.1, 0.15) is 22.1 Å². The van der Waals surface area contributed by atoms with Crippen LogP contribution in [0.5, 0.6) is 0 Å². The number of ether oxygens (including phenoxy) is 1. The van der Waals surface area contributed by atoms with Crippen molar-refractivity contribution in [3.05, 3.63) is 64.9 Å². The number of pyridine rings is 1. The van der Waals surface area contributed by atoms with Gasteiger partial charge in [-0.05, 0) is 17.7 Å². The van der Waals surface area contributed by atoms with Crippen molar-refractivity contribution in [3.63, 3.8) is 0 Å². The van der Waals surface area contributed by atoms with Crippen LogP contribution >= 0.6 is 11.6 Å². The highest BCUT2D eigenvalue weighted by Crippen LogP contribution is 2.21. The maximum Gasteiger partial charge on any atom is 0.269 e. The number of hydrogen-bond acceptors (Lipinski definition) is 4. The van der Waals surface area contributed by atoms with E-state index in [1.54, 1.807) is 12.1 Å². The van der Waals surface area contributed by atoms with Gasteiger partial charge in [-0.15, -0.1) is 0 Å². The zero-order valence-electron chi connectivity index (χ0n) is 13.3. The average molecular weight is 346 g/mol. The molecule has 0 aliphatic carbocycles. The molecule has 2 aromatic rings. The molecule has 5 nitrogen and oxygen atoms in total. The van der Waals surface area contributed by atoms with Crippen molar-refractivity contribution in [1.29, 1.82) is 0 Å². The van der Waals surface area contributed by atoms with Gasteiger partial charge in [-0.2, -0.15) is 0 Å². The second-order valence-corrected chi connectivity index (χ2v) is 6.08. The fraction of sp³-hybridized carbons (Fsp3) is 0.333. The van der Waals surface area contributed by atoms with Crippen LogP contribution in [-0.2, 0) is 4.74 Å². The lowest BCUT2D eigenvalue weighted by Gasteiger charge is -2.34. The summed E-state index contributed by atoms with van der Waals surface area (Å²) in [6.07, 6.45) is 1.54. The Morgan fingerprint density at radius 3 is 2.71 bits per heavy atom. The highest BCUT2D eigenvalue weighted by molar-refractivity contribution is 6.30. The number of carbonyl (C=O) groups is 1. The number of amides is 1. The van der Waals surface area contributed by atoms with Crippen LogP contribution in [0.2, 0.25) is 5.02 Å². The Morgan fingerprint density at radius 1 is 1.25 bits per heavy atom. The predicted molar refractivity (Wildman–Crippen MR) is 93.2 cm³/mol. The number of nitrogens with one attached hydrogen (secondary N) is 1. The monoisotopic (exact) mass is 345 g/mol. The Morgan fingerprint density at radius 2 is 2.00 bits per heavy atom. The van der Waals surface area contributed by atoms with Crippen molar-refractivity contribution in [2.45, 2.75) is 6.04 Å². The third-order valence-corrected chi connectivity index (χ3v) is 4.32. The molecule has 1 unspecified atom stereocenters. The molecule has 1 aliphatic heterocycles. The first-order valence-electron chi connectivity index (χ1n) is 8.00. The highest BCUT2D eigenvalue weighted by atomic mass is 35.5. The summed E-state index contributed by atoms with van der Waals surface area (Å²) in [5.41, 5.74) is 1.51. The molecule has 2 heterocycles. The van der Waals surface area contributed by atoms with Gasteiger partial charge in [0.1, 0.15) is 5.69 Å². The minimum atomic E-state index is -0.216. The Labute approximate surface area is 146 Å². The van der Waals surface area contributed by atoms with E-state index in [9.17, 15) is 4.79 Å². The third-order valence-electron chi connectivity index (χ3n) is 4.08. The molecular weight excluding hydrogens is 326 g/mol. The molecule has 1 aliphatic rings. The number of carbonyl (C=O) groups excluding carboxylic acids is 1. The van der Waals surface area contributed by atoms with Gasteiger partial charge in [-0.3, -0.25) is 14.7 Å². The molecule has 1 aromatic heterocycles. The maximum absolute atomic E-state index is 12.3. The van der Waals surface area contributed by atoms with Crippen LogP contribution in [0.4, 0.5) is 0 Å². The molecule has 0 bridgehead atoms. The molecule has 126 valence electrons. The van der Waals surface area contributed by atoms with Crippen molar-refractivity contribution < 1.29 is 9.53 Å². The van der Waals surface area contributed by atoms with Crippen LogP contribution in [0.15, 0.2) is 48.7 Å². The van der Waals surface area contributed by atoms with E-state index >= 15 is 0 Å². The zero-order valence-corrected chi connectivity index (χ0v) is 14.1. The average Bonchev–Trinajstić information content (AvgIpc) is 2.63. The van der Waals surface area contributed by atoms with Crippen LogP contribution in [0.25, 0.3) is 0 Å². The lowest BCUT2D eigenvalue weighted by atomic mass is 10.0. The summed E-state index contributed by atoms with van der Waals surface area (Å²) in [5, 5.41) is 3.48. The second kappa shape index (κ2) is 8.24. The molecule has 0 radical (unpaired) electrons. The topological polar surface area (TPSA) is 54.5 Å². The van der Waals surface area contributed by atoms with E-state index in [4.69, 9.17) is 16.3 Å². The van der Waals surface area contributed by atoms with Gasteiger partial charge in [-0.1, -0.05) is 41.9 Å². The fourth-order valence-electron chi connectivity index (χ4n) is 2.83. The first-order valence-corrected chi connectivity index (χ1v) is 8.38. The van der Waals surface area contributed by atoms with Gasteiger partial charge < -0.3 is 10.1 Å². The standard InChI is InChI=1S/C18H20ClN3O2/c19-15-6-7-20-16(12-15)18(23)21-13-17(14-4-2-1-3-5-14)22-8-10-24-11-9-22/h1-7,12,17H,8-11,13H2,(H,21,23). The van der Waals surface area contributed by atoms with Gasteiger partial charge in [-0.25, -0.2) is 0 Å². The number of rotatable bonds is 5. The summed E-state index contributed by atoms with van der Waals surface area (Å²) in [7, 11) is 0. The first-order chi connectivity index (χ1) is 11.7. The van der Waals surface area contributed by atoms with E-state index in [-0.39, 0.29) is 11.9 Å². The molecule has 1 amide bonds. The van der Waals surface area contributed by atoms with Crippen LogP contribution in [0, 0.1) is 0 Å². The second-order valence-electron chi connectivity index (χ2n) is 5.64. The van der Waals surface area contributed by atoms with E-state index in [1.165, 1.54) is 11.8 Å². The number of nitrogens with zero attached hydrogens (tertiary/aromatic N) is 2. The summed E-state index contributed by atoms with van der Waals surface area (Å²) in [6, 6.07) is 13.5. The number of morpholine rings is 1. The third kappa shape index (κ3) is 4.32. The first kappa shape index (κ1) is 16.9. The van der Waals surface area contributed by atoms with Gasteiger partial charge in [0.25, 0.3) is 5.91 Å². The van der Waals surface area contributed by atoms with E-state index in [2.05, 4.69) is 27.3 Å². The lowest BCUT2D eigenvalue weighted by molar-refractivity contribution is 0.0162. The minimum absolute atomic E-state index is 0.109. The van der Waals surface area contributed by atoms with Gasteiger partial charge >= 0.3 is 0 Å². The molecule has 1 atom stereocenters. The van der Waals surface area contributed by atoms with E-state index in [0.29, 0.717) is 30.5 Å². The molecule has 1 aromatic carbocycles. The van der Waals surface area contributed by atoms with Gasteiger partial charge in [0, 0.05) is 30.9 Å². The molecule has 1 fully saturated rings. The SMILES string of the molecule is O=C(NCC(c1ccccc1)N1CCOCC1)c1cc(Cl)ccn1. The van der Waals surface area contributed by atoms with Crippen LogP contribution < -0.4 is 5.32 Å². The molecule has 24 heavy (non-hydrogen) atoms. The fourth-order valence-corrected chi connectivity index (χ4v) is 2.99. The van der Waals surface area contributed by atoms with Gasteiger partial charge in [0.05, 0.1) is 19.3 Å². The Bertz CT molecular complexity index is 675. The van der Waals surface area contributed by atoms with Crippen molar-refractivity contribution in [2.75, 3.05) is 32.8 Å². The Kier molecular flexibility index (Phi) is 5.80. The Hall–Kier alpha value is -1.95. The quantitative estimate of drug-likeness (QED) is 0.904. The van der Waals surface area contributed by atoms with Crippen LogP contribution in [0.3, 0.4) is 0 Å². The summed E-state index contributed by atoms with van der Waals surface area (Å²) >= 11 is 5.93. The van der Waals surface area contributed by atoms with Gasteiger partial charge in [0.15, 0.2) is 0 Å². The van der Waals surface area contributed by atoms with Crippen molar-refractivity contribution in [3.8, 4) is 0 Å². The molecule has 3 rings (SSSR count). The zero-order chi connectivity index (χ0) is 16.8.